The van der Waals surface area contributed by atoms with Gasteiger partial charge in [0.2, 0.25) is 0 Å². The Labute approximate surface area is 223 Å². The van der Waals surface area contributed by atoms with Gasteiger partial charge in [0.15, 0.2) is 0 Å². The van der Waals surface area contributed by atoms with Crippen LogP contribution in [0, 0.1) is 29.6 Å². The molecule has 1 aliphatic heterocycles. The van der Waals surface area contributed by atoms with Crippen LogP contribution in [0.4, 0.5) is 0 Å². The topological polar surface area (TPSA) is 107 Å². The highest BCUT2D eigenvalue weighted by molar-refractivity contribution is 5.82. The van der Waals surface area contributed by atoms with Crippen LogP contribution in [-0.4, -0.2) is 56.9 Å². The predicted octanol–water partition coefficient (Wildman–Crippen LogP) is 4.67. The molecule has 37 heavy (non-hydrogen) atoms. The first-order chi connectivity index (χ1) is 17.5. The molecule has 0 unspecified atom stereocenters. The van der Waals surface area contributed by atoms with E-state index >= 15 is 0 Å². The summed E-state index contributed by atoms with van der Waals surface area (Å²) in [6.45, 7) is 13.1. The predicted molar refractivity (Wildman–Crippen MR) is 149 cm³/mol. The second-order valence-electron chi connectivity index (χ2n) is 10.4. The van der Waals surface area contributed by atoms with Crippen LogP contribution in [-0.2, 0) is 9.53 Å². The molecular formula is C31H48O6. The minimum atomic E-state index is -0.840. The second-order valence-corrected chi connectivity index (χ2v) is 10.4. The van der Waals surface area contributed by atoms with E-state index in [0.29, 0.717) is 12.8 Å². The maximum absolute atomic E-state index is 12.6. The number of cyclic esters (lactones) is 1. The molecule has 10 atom stereocenters. The molecule has 208 valence electrons. The Balaban J connectivity index is 3.16. The van der Waals surface area contributed by atoms with Gasteiger partial charge in [0.1, 0.15) is 6.10 Å². The smallest absolute Gasteiger partial charge is 0.331 e. The van der Waals surface area contributed by atoms with Crippen molar-refractivity contribution in [1.82, 2.24) is 0 Å². The summed E-state index contributed by atoms with van der Waals surface area (Å²) in [6.07, 6.45) is 16.7. The summed E-state index contributed by atoms with van der Waals surface area (Å²) in [7, 11) is 0. The molecule has 1 rings (SSSR count). The number of aliphatic hydroxyl groups is 4. The maximum atomic E-state index is 12.6. The molecule has 1 aliphatic rings. The lowest BCUT2D eigenvalue weighted by Crippen LogP contribution is -2.37. The highest BCUT2D eigenvalue weighted by Gasteiger charge is 2.30. The van der Waals surface area contributed by atoms with Crippen LogP contribution >= 0.6 is 0 Å². The molecule has 0 saturated carbocycles. The average Bonchev–Trinajstić information content (AvgIpc) is 2.87. The van der Waals surface area contributed by atoms with E-state index in [1.165, 1.54) is 6.08 Å². The molecule has 0 aromatic carbocycles. The lowest BCUT2D eigenvalue weighted by atomic mass is 9.86. The Bertz CT molecular complexity index is 826. The van der Waals surface area contributed by atoms with Crippen molar-refractivity contribution in [3.05, 3.63) is 73.4 Å². The van der Waals surface area contributed by atoms with Crippen LogP contribution in [0.2, 0.25) is 0 Å². The highest BCUT2D eigenvalue weighted by atomic mass is 16.5. The van der Waals surface area contributed by atoms with Gasteiger partial charge in [0.05, 0.1) is 24.4 Å². The molecule has 0 bridgehead atoms. The summed E-state index contributed by atoms with van der Waals surface area (Å²) in [5.74, 6) is -1.51. The average molecular weight is 517 g/mol. The van der Waals surface area contributed by atoms with Crippen LogP contribution < -0.4 is 0 Å². The Morgan fingerprint density at radius 1 is 0.946 bits per heavy atom. The van der Waals surface area contributed by atoms with E-state index in [1.807, 2.05) is 52.8 Å². The van der Waals surface area contributed by atoms with Crippen molar-refractivity contribution in [3.8, 4) is 0 Å². The number of aliphatic hydroxyl groups excluding tert-OH is 4. The first kappa shape index (κ1) is 32.8. The molecule has 0 spiro atoms. The van der Waals surface area contributed by atoms with E-state index in [2.05, 4.69) is 6.58 Å². The lowest BCUT2D eigenvalue weighted by Gasteiger charge is -2.30. The number of hydrogen-bond acceptors (Lipinski definition) is 6. The number of esters is 1. The summed E-state index contributed by atoms with van der Waals surface area (Å²) in [5.41, 5.74) is 0. The normalized spacial score (nSPS) is 39.9. The van der Waals surface area contributed by atoms with Crippen molar-refractivity contribution in [1.29, 1.82) is 0 Å². The minimum absolute atomic E-state index is 0.121. The molecule has 0 aromatic heterocycles. The van der Waals surface area contributed by atoms with Gasteiger partial charge in [-0.1, -0.05) is 102 Å². The number of ether oxygens (including phenoxy) is 1. The van der Waals surface area contributed by atoms with Gasteiger partial charge in [-0.3, -0.25) is 0 Å². The maximum Gasteiger partial charge on any atom is 0.331 e. The fraction of sp³-hybridized carbons (Fsp3) is 0.581. The van der Waals surface area contributed by atoms with Crippen molar-refractivity contribution in [2.45, 2.75) is 84.4 Å². The molecule has 0 radical (unpaired) electrons. The summed E-state index contributed by atoms with van der Waals surface area (Å²) < 4.78 is 5.76. The van der Waals surface area contributed by atoms with Crippen LogP contribution in [0.3, 0.4) is 0 Å². The quantitative estimate of drug-likeness (QED) is 0.247. The standard InChI is InChI=1S/C31H48O6/c1-7-8-13-24(5)31-25(6)27(33)16-11-9-15-22(3)30(36)23(4)18-19-26(32)20-28(34)21(2)14-10-12-17-29(35)37-31/h7-10,12-15,17-19,21-28,30-34,36H,1,11,16,20H2,2-6H3/b13-8-,14-10+,15-9-,17-12+,19-18-/t21-,22+,23+,24+,25+,26+,27-,28+,30-,31+/m1/s1. The zero-order valence-electron chi connectivity index (χ0n) is 23.1. The van der Waals surface area contributed by atoms with Gasteiger partial charge in [0.25, 0.3) is 0 Å². The van der Waals surface area contributed by atoms with Crippen LogP contribution in [0.5, 0.6) is 0 Å². The van der Waals surface area contributed by atoms with Gasteiger partial charge >= 0.3 is 5.97 Å². The third-order valence-corrected chi connectivity index (χ3v) is 7.08. The summed E-state index contributed by atoms with van der Waals surface area (Å²) in [6, 6.07) is 0. The number of carbonyl (C=O) groups is 1. The zero-order chi connectivity index (χ0) is 28.0. The molecule has 1 heterocycles. The fourth-order valence-electron chi connectivity index (χ4n) is 4.34. The summed E-state index contributed by atoms with van der Waals surface area (Å²) in [4.78, 5) is 12.6. The van der Waals surface area contributed by atoms with Crippen molar-refractivity contribution < 1.29 is 30.0 Å². The molecule has 0 aromatic rings. The van der Waals surface area contributed by atoms with Gasteiger partial charge in [-0.2, -0.15) is 0 Å². The van der Waals surface area contributed by atoms with Crippen molar-refractivity contribution in [3.63, 3.8) is 0 Å². The molecule has 0 aliphatic carbocycles. The third kappa shape index (κ3) is 12.2. The van der Waals surface area contributed by atoms with Crippen LogP contribution in [0.1, 0.15) is 53.9 Å². The largest absolute Gasteiger partial charge is 0.458 e. The SMILES string of the molecule is C=C/C=C\[C@H](C)[C@@H]1OC(=O)/C=C/C=C/[C@@H](C)[C@@H](O)C[C@@H](O)/C=C\[C@H](C)[C@H](O)[C@@H](C)/C=C\CC[C@@H](O)[C@@H]1C. The van der Waals surface area contributed by atoms with Gasteiger partial charge < -0.3 is 25.2 Å². The summed E-state index contributed by atoms with van der Waals surface area (Å²) in [5, 5.41) is 42.3. The van der Waals surface area contributed by atoms with Gasteiger partial charge in [0, 0.05) is 42.1 Å². The third-order valence-electron chi connectivity index (χ3n) is 7.08. The van der Waals surface area contributed by atoms with E-state index < -0.39 is 36.5 Å². The zero-order valence-corrected chi connectivity index (χ0v) is 23.1. The molecule has 0 saturated heterocycles. The number of hydrogen-bond donors (Lipinski definition) is 4. The Kier molecular flexibility index (Phi) is 15.3. The number of carbonyl (C=O) groups excluding carboxylic acids is 1. The number of rotatable bonds is 3. The Morgan fingerprint density at radius 3 is 2.30 bits per heavy atom. The minimum Gasteiger partial charge on any atom is -0.458 e. The Morgan fingerprint density at radius 2 is 1.62 bits per heavy atom. The molecule has 0 fully saturated rings. The number of allylic oxidation sites excluding steroid dienone is 5. The van der Waals surface area contributed by atoms with E-state index in [-0.39, 0.29) is 36.0 Å². The van der Waals surface area contributed by atoms with Crippen LogP contribution in [0.15, 0.2) is 73.4 Å². The van der Waals surface area contributed by atoms with E-state index in [0.717, 1.165) is 0 Å². The van der Waals surface area contributed by atoms with Gasteiger partial charge in [-0.25, -0.2) is 4.79 Å². The molecule has 0 amide bonds. The van der Waals surface area contributed by atoms with Gasteiger partial charge in [-0.15, -0.1) is 0 Å². The molecule has 6 heteroatoms. The first-order valence-corrected chi connectivity index (χ1v) is 13.4. The second kappa shape index (κ2) is 17.3. The molecular weight excluding hydrogens is 468 g/mol. The van der Waals surface area contributed by atoms with E-state index in [1.54, 1.807) is 42.5 Å². The fourth-order valence-corrected chi connectivity index (χ4v) is 4.34. The first-order valence-electron chi connectivity index (χ1n) is 13.4. The van der Waals surface area contributed by atoms with Crippen molar-refractivity contribution >= 4 is 5.97 Å². The summed E-state index contributed by atoms with van der Waals surface area (Å²) >= 11 is 0. The Hall–Kier alpha value is -2.25. The van der Waals surface area contributed by atoms with Crippen LogP contribution in [0.25, 0.3) is 0 Å². The van der Waals surface area contributed by atoms with E-state index in [4.69, 9.17) is 4.74 Å². The highest BCUT2D eigenvalue weighted by Crippen LogP contribution is 2.25. The van der Waals surface area contributed by atoms with Gasteiger partial charge in [-0.05, 0) is 12.8 Å². The monoisotopic (exact) mass is 516 g/mol. The van der Waals surface area contributed by atoms with E-state index in [9.17, 15) is 25.2 Å². The van der Waals surface area contributed by atoms with Crippen molar-refractivity contribution in [2.24, 2.45) is 29.6 Å². The van der Waals surface area contributed by atoms with Crippen molar-refractivity contribution in [2.75, 3.05) is 0 Å². The lowest BCUT2D eigenvalue weighted by molar-refractivity contribution is -0.150. The molecule has 4 N–H and O–H groups in total. The molecule has 6 nitrogen and oxygen atoms in total.